The summed E-state index contributed by atoms with van der Waals surface area (Å²) in [5, 5.41) is 40.3. The van der Waals surface area contributed by atoms with Gasteiger partial charge in [0.1, 0.15) is 10.6 Å². The molecule has 8 aromatic carbocycles. The van der Waals surface area contributed by atoms with Gasteiger partial charge in [-0.25, -0.2) is 0 Å². The largest absolute Gasteiger partial charge is 0.505 e. The monoisotopic (exact) mass is 1060 g/mol. The van der Waals surface area contributed by atoms with E-state index in [9.17, 15) is 57.0 Å². The number of hydrogen-bond acceptors (Lipinski definition) is 16. The van der Waals surface area contributed by atoms with Crippen LogP contribution in [0.2, 0.25) is 0 Å². The smallest absolute Gasteiger partial charge is 0.296 e. The van der Waals surface area contributed by atoms with Crippen molar-refractivity contribution >= 4 is 237 Å². The summed E-state index contributed by atoms with van der Waals surface area (Å²) in [4.78, 5) is -2.30. The SMILES string of the molecule is O=S(=O)(O)c1cccc(N=Nc2ccc(N=Nc3ccc(N=Nc4c(S(=O)(=O)O)cc5cc(Nc6ccccc6)ccc5c4O)c4ccc(S(=O)(=O)O)cc34)c3ccc(S(=O)(=O)O)cc23)c1.[Na].[Na].[Na].[Na]. The zero-order valence-corrected chi connectivity index (χ0v) is 48.4. The van der Waals surface area contributed by atoms with Gasteiger partial charge in [-0.1, -0.05) is 36.4 Å². The molecule has 0 fully saturated rings. The van der Waals surface area contributed by atoms with Crippen LogP contribution in [0.4, 0.5) is 45.5 Å². The molecule has 0 aromatic heterocycles. The number of aromatic hydroxyl groups is 1. The Labute approximate surface area is 488 Å². The number of anilines is 2. The van der Waals surface area contributed by atoms with Gasteiger partial charge in [0.25, 0.3) is 40.5 Å². The van der Waals surface area contributed by atoms with Gasteiger partial charge in [0.15, 0.2) is 5.75 Å². The van der Waals surface area contributed by atoms with Crippen LogP contribution in [0.1, 0.15) is 0 Å². The average molecular weight is 1060 g/mol. The first kappa shape index (κ1) is 59.1. The first-order chi connectivity index (χ1) is 31.1. The Morgan fingerprint density at radius 3 is 1.33 bits per heavy atom. The van der Waals surface area contributed by atoms with E-state index in [4.69, 9.17) is 0 Å². The number of nitrogens with zero attached hydrogens (tertiary/aromatic N) is 6. The van der Waals surface area contributed by atoms with Crippen LogP contribution in [-0.2, 0) is 40.5 Å². The van der Waals surface area contributed by atoms with E-state index in [1.807, 2.05) is 30.3 Å². The van der Waals surface area contributed by atoms with Crippen molar-refractivity contribution in [1.82, 2.24) is 0 Å². The van der Waals surface area contributed by atoms with E-state index in [0.29, 0.717) is 5.69 Å². The van der Waals surface area contributed by atoms with E-state index in [-0.39, 0.29) is 179 Å². The van der Waals surface area contributed by atoms with Gasteiger partial charge in [-0.2, -0.15) is 38.8 Å². The Morgan fingerprint density at radius 1 is 0.371 bits per heavy atom. The third kappa shape index (κ3) is 13.6. The van der Waals surface area contributed by atoms with Crippen LogP contribution in [0.15, 0.2) is 190 Å². The second-order valence-corrected chi connectivity index (χ2v) is 19.8. The molecular weight excluding hydrogens is 1030 g/mol. The minimum atomic E-state index is -5.02. The molecule has 0 aliphatic rings. The van der Waals surface area contributed by atoms with E-state index in [1.54, 1.807) is 12.1 Å². The first-order valence-electron chi connectivity index (χ1n) is 18.6. The van der Waals surface area contributed by atoms with Crippen LogP contribution in [0.3, 0.4) is 0 Å². The molecule has 338 valence electrons. The standard InChI is InChI=1S/C42H29N7O13S4.4Na/c50-42-31-12-9-26(43-25-5-2-1-3-6-25)19-24(31)20-40(66(60,61)62)41(42)49-48-37-16-18-39(35-23-30(65(57,58)59)11-14-33(35)37)47-46-36-15-17-38(34-22-29(64(54,55)56)10-13-32(34)36)45-44-27-7-4-8-28(21-27)63(51,52)53;;;;/h1-23,43,50H,(H,51,52,53)(H,54,55,56)(H,57,58,59)(H,60,61,62);;;;. The molecule has 0 saturated carbocycles. The van der Waals surface area contributed by atoms with Crippen molar-refractivity contribution in [1.29, 1.82) is 0 Å². The van der Waals surface area contributed by atoms with Gasteiger partial charge in [-0.05, 0) is 109 Å². The minimum Gasteiger partial charge on any atom is -0.505 e. The second-order valence-electron chi connectivity index (χ2n) is 14.1. The Morgan fingerprint density at radius 2 is 0.829 bits per heavy atom. The number of benzene rings is 8. The van der Waals surface area contributed by atoms with Crippen molar-refractivity contribution in [2.75, 3.05) is 5.32 Å². The topological polar surface area (TPSA) is 324 Å². The predicted molar refractivity (Wildman–Crippen MR) is 264 cm³/mol. The molecule has 28 heteroatoms. The van der Waals surface area contributed by atoms with Crippen LogP contribution >= 0.6 is 0 Å². The number of azo groups is 3. The molecule has 8 rings (SSSR count). The summed E-state index contributed by atoms with van der Waals surface area (Å²) in [5.74, 6) is -0.631. The van der Waals surface area contributed by atoms with E-state index in [1.165, 1.54) is 54.6 Å². The molecule has 0 atom stereocenters. The summed E-state index contributed by atoms with van der Waals surface area (Å²) in [6.07, 6.45) is 0. The van der Waals surface area contributed by atoms with Gasteiger partial charge in [0.2, 0.25) is 0 Å². The van der Waals surface area contributed by atoms with Gasteiger partial charge in [-0.15, -0.1) is 25.6 Å². The van der Waals surface area contributed by atoms with Crippen LogP contribution < -0.4 is 5.32 Å². The van der Waals surface area contributed by atoms with E-state index >= 15 is 0 Å². The molecule has 0 amide bonds. The number of hydrogen-bond donors (Lipinski definition) is 6. The van der Waals surface area contributed by atoms with Gasteiger partial charge in [0.05, 0.1) is 43.1 Å². The van der Waals surface area contributed by atoms with Crippen LogP contribution in [0, 0.1) is 0 Å². The van der Waals surface area contributed by atoms with Crippen molar-refractivity contribution in [2.45, 2.75) is 19.6 Å². The molecule has 70 heavy (non-hydrogen) atoms. The third-order valence-electron chi connectivity index (χ3n) is 9.78. The quantitative estimate of drug-likeness (QED) is 0.0377. The van der Waals surface area contributed by atoms with Crippen LogP contribution in [0.5, 0.6) is 5.75 Å². The minimum absolute atomic E-state index is 0. The van der Waals surface area contributed by atoms with Gasteiger partial charge in [0, 0.05) is 157 Å². The molecule has 20 nitrogen and oxygen atoms in total. The summed E-state index contributed by atoms with van der Waals surface area (Å²) in [7, 11) is -19.1. The zero-order valence-electron chi connectivity index (χ0n) is 37.1. The summed E-state index contributed by atoms with van der Waals surface area (Å²) in [5.41, 5.74) is 0.765. The molecule has 0 saturated heterocycles. The Hall–Kier alpha value is -3.42. The molecule has 4 radical (unpaired) electrons. The molecule has 0 aliphatic carbocycles. The number of fused-ring (bicyclic) bond motifs is 3. The second kappa shape index (κ2) is 23.6. The van der Waals surface area contributed by atoms with E-state index in [0.717, 1.165) is 48.2 Å². The van der Waals surface area contributed by atoms with Crippen molar-refractivity contribution in [3.63, 3.8) is 0 Å². The maximum atomic E-state index is 12.7. The fourth-order valence-corrected chi connectivity index (χ4v) is 8.89. The Bertz CT molecular complexity index is 3890. The van der Waals surface area contributed by atoms with Gasteiger partial charge >= 0.3 is 0 Å². The molecule has 0 aliphatic heterocycles. The molecule has 6 N–H and O–H groups in total. The molecule has 8 aromatic rings. The zero-order chi connectivity index (χ0) is 47.2. The fourth-order valence-electron chi connectivity index (χ4n) is 6.70. The average Bonchev–Trinajstić information content (AvgIpc) is 3.26. The maximum absolute atomic E-state index is 12.7. The van der Waals surface area contributed by atoms with Crippen LogP contribution in [0.25, 0.3) is 32.3 Å². The normalized spacial score (nSPS) is 12.2. The van der Waals surface area contributed by atoms with Crippen molar-refractivity contribution in [2.24, 2.45) is 30.7 Å². The number of para-hydroxylation sites is 1. The van der Waals surface area contributed by atoms with Gasteiger partial charge in [-0.3, -0.25) is 18.2 Å². The Balaban J connectivity index is 0.00000266. The molecule has 0 heterocycles. The van der Waals surface area contributed by atoms with Crippen molar-refractivity contribution < 1.29 is 57.0 Å². The summed E-state index contributed by atoms with van der Waals surface area (Å²) >= 11 is 0. The van der Waals surface area contributed by atoms with Gasteiger partial charge < -0.3 is 10.4 Å². The first-order valence-corrected chi connectivity index (χ1v) is 24.4. The third-order valence-corrected chi connectivity index (χ3v) is 13.2. The summed E-state index contributed by atoms with van der Waals surface area (Å²) in [6, 6.07) is 32.1. The number of nitrogens with one attached hydrogen (secondary N) is 1. The molecule has 0 bridgehead atoms. The fraction of sp³-hybridized carbons (Fsp3) is 0. The molecule has 0 unspecified atom stereocenters. The predicted octanol–water partition coefficient (Wildman–Crippen LogP) is 9.31. The summed E-state index contributed by atoms with van der Waals surface area (Å²) in [6.45, 7) is 0. The molecular formula is C42H29N7Na4O13S4. The van der Waals surface area contributed by atoms with Crippen molar-refractivity contribution in [3.05, 3.63) is 140 Å². The van der Waals surface area contributed by atoms with E-state index < -0.39 is 71.5 Å². The number of rotatable bonds is 12. The van der Waals surface area contributed by atoms with Crippen molar-refractivity contribution in [3.8, 4) is 5.75 Å². The van der Waals surface area contributed by atoms with E-state index in [2.05, 4.69) is 36.0 Å². The Kier molecular flexibility index (Phi) is 20.0. The molecule has 0 spiro atoms. The van der Waals surface area contributed by atoms with Crippen LogP contribution in [-0.4, -0.2) is 175 Å². The summed E-state index contributed by atoms with van der Waals surface area (Å²) < 4.78 is 137. The number of phenols is 1. The maximum Gasteiger partial charge on any atom is 0.296 e. The number of phenolic OH excluding ortho intramolecular Hbond substituents is 1.